The van der Waals surface area contributed by atoms with E-state index in [2.05, 4.69) is 39.0 Å². The molecule has 0 saturated heterocycles. The minimum absolute atomic E-state index is 0.0244. The van der Waals surface area contributed by atoms with Gasteiger partial charge in [0, 0.05) is 0 Å². The molecule has 1 aliphatic rings. The lowest BCUT2D eigenvalue weighted by atomic mass is 9.97. The fraction of sp³-hybridized carbons (Fsp3) is 0.556. The van der Waals surface area contributed by atoms with Gasteiger partial charge in [-0.05, 0) is 73.8 Å². The van der Waals surface area contributed by atoms with Crippen LogP contribution in [0.5, 0.6) is 11.5 Å². The predicted molar refractivity (Wildman–Crippen MR) is 136 cm³/mol. The average Bonchev–Trinajstić information content (AvgIpc) is 2.79. The number of aryl methyl sites for hydroxylation is 3. The number of hydrogen-bond donors (Lipinski definition) is 0. The van der Waals surface area contributed by atoms with Gasteiger partial charge in [0.05, 0.1) is 5.75 Å². The maximum absolute atomic E-state index is 12.8. The van der Waals surface area contributed by atoms with E-state index in [0.29, 0.717) is 23.6 Å². The molecule has 0 radical (unpaired) electrons. The van der Waals surface area contributed by atoms with Crippen LogP contribution >= 0.6 is 0 Å². The molecule has 0 unspecified atom stereocenters. The topological polar surface area (TPSA) is 55.8 Å². The Morgan fingerprint density at radius 2 is 1.52 bits per heavy atom. The molecule has 33 heavy (non-hydrogen) atoms. The Balaban J connectivity index is 2.17. The summed E-state index contributed by atoms with van der Waals surface area (Å²) in [5.74, 6) is 1.38. The first-order chi connectivity index (χ1) is 15.9. The molecule has 0 aromatic heterocycles. The third-order valence-corrected chi connectivity index (χ3v) is 7.27. The summed E-state index contributed by atoms with van der Waals surface area (Å²) in [6.45, 7) is 8.37. The number of para-hydroxylation sites is 1. The van der Waals surface area contributed by atoms with E-state index in [1.807, 2.05) is 19.1 Å². The molecule has 3 rings (SSSR count). The van der Waals surface area contributed by atoms with Crippen molar-refractivity contribution in [2.45, 2.75) is 91.9 Å². The van der Waals surface area contributed by atoms with E-state index < -0.39 is 10.1 Å². The van der Waals surface area contributed by atoms with Gasteiger partial charge in [-0.25, -0.2) is 0 Å². The third kappa shape index (κ3) is 6.30. The van der Waals surface area contributed by atoms with Gasteiger partial charge in [-0.2, -0.15) is 13.5 Å². The molecule has 0 bridgehead atoms. The Kier molecular flexibility index (Phi) is 9.21. The smallest absolute Gasteiger partial charge is 0.288 e. The zero-order chi connectivity index (χ0) is 23.8. The molecule has 1 aliphatic heterocycles. The highest BCUT2D eigenvalue weighted by atomic mass is 32.2. The highest BCUT2D eigenvalue weighted by molar-refractivity contribution is 7.86. The van der Waals surface area contributed by atoms with Gasteiger partial charge in [0.25, 0.3) is 10.1 Å². The summed E-state index contributed by atoms with van der Waals surface area (Å²) >= 11 is 0. The fourth-order valence-corrected chi connectivity index (χ4v) is 5.20. The van der Waals surface area contributed by atoms with E-state index in [0.717, 1.165) is 74.6 Å². The molecule has 6 heteroatoms. The van der Waals surface area contributed by atoms with Gasteiger partial charge in [-0.3, -0.25) is 0 Å². The second kappa shape index (κ2) is 11.9. The molecule has 0 saturated carbocycles. The zero-order valence-corrected chi connectivity index (χ0v) is 21.5. The monoisotopic (exact) mass is 473 g/mol. The number of fused-ring (bicyclic) bond motifs is 2. The van der Waals surface area contributed by atoms with Gasteiger partial charge in [-0.15, -0.1) is 4.28 Å². The van der Waals surface area contributed by atoms with Crippen molar-refractivity contribution < 1.29 is 17.4 Å². The van der Waals surface area contributed by atoms with Crippen LogP contribution in [0.15, 0.2) is 30.3 Å². The van der Waals surface area contributed by atoms with Crippen LogP contribution < -0.4 is 9.80 Å². The minimum atomic E-state index is -3.74. The molecular weight excluding hydrogens is 434 g/mol. The van der Waals surface area contributed by atoms with Crippen molar-refractivity contribution in [3.05, 3.63) is 47.0 Å². The van der Waals surface area contributed by atoms with Gasteiger partial charge in [0.15, 0.2) is 11.5 Å². The van der Waals surface area contributed by atoms with Gasteiger partial charge in [0.2, 0.25) is 0 Å². The Bertz CT molecular complexity index is 1030. The van der Waals surface area contributed by atoms with Crippen LogP contribution in [0.25, 0.3) is 0 Å². The van der Waals surface area contributed by atoms with Crippen LogP contribution in [0, 0.1) is 0 Å². The molecule has 0 atom stereocenters. The number of anilines is 2. The number of ether oxygens (including phenoxy) is 1. The van der Waals surface area contributed by atoms with Crippen molar-refractivity contribution in [3.63, 3.8) is 0 Å². The van der Waals surface area contributed by atoms with Crippen LogP contribution in [0.4, 0.5) is 11.4 Å². The molecule has 5 nitrogen and oxygen atoms in total. The molecule has 0 spiro atoms. The van der Waals surface area contributed by atoms with Crippen LogP contribution in [0.2, 0.25) is 0 Å². The Labute approximate surface area is 200 Å². The summed E-state index contributed by atoms with van der Waals surface area (Å²) in [7, 11) is -3.74. The van der Waals surface area contributed by atoms with Crippen LogP contribution in [-0.4, -0.2) is 14.2 Å². The normalized spacial score (nSPS) is 12.9. The molecule has 2 aromatic rings. The molecule has 0 fully saturated rings. The first-order valence-corrected chi connectivity index (χ1v) is 14.2. The summed E-state index contributed by atoms with van der Waals surface area (Å²) < 4.78 is 37.9. The van der Waals surface area contributed by atoms with Gasteiger partial charge < -0.3 is 4.74 Å². The van der Waals surface area contributed by atoms with Crippen LogP contribution in [0.1, 0.15) is 89.3 Å². The van der Waals surface area contributed by atoms with Crippen molar-refractivity contribution in [1.29, 1.82) is 0 Å². The second-order valence-corrected chi connectivity index (χ2v) is 10.6. The second-order valence-electron chi connectivity index (χ2n) is 8.91. The standard InChI is InChI=1S/C27H39NO4S/c1-5-9-13-21-19-23(15-11-7-3)26-25(20-21)31-27-22(14-10-6-2)16-12-17-24(27)28(26)32-33(29,30)18-8-4/h12,16-17,19-20H,5-11,13-15,18H2,1-4H3. The summed E-state index contributed by atoms with van der Waals surface area (Å²) in [4.78, 5) is 0. The lowest BCUT2D eigenvalue weighted by Gasteiger charge is -2.34. The molecular formula is C27H39NO4S. The Hall–Kier alpha value is -2.05. The first kappa shape index (κ1) is 25.6. The maximum Gasteiger partial charge on any atom is 0.288 e. The Morgan fingerprint density at radius 1 is 0.848 bits per heavy atom. The minimum Gasteiger partial charge on any atom is -0.452 e. The molecule has 0 aliphatic carbocycles. The average molecular weight is 474 g/mol. The molecule has 2 aromatic carbocycles. The van der Waals surface area contributed by atoms with Crippen molar-refractivity contribution in [2.24, 2.45) is 0 Å². The molecule has 0 N–H and O–H groups in total. The number of nitrogens with zero attached hydrogens (tertiary/aromatic N) is 1. The summed E-state index contributed by atoms with van der Waals surface area (Å²) in [5.41, 5.74) is 4.78. The van der Waals surface area contributed by atoms with Crippen molar-refractivity contribution >= 4 is 21.5 Å². The maximum atomic E-state index is 12.8. The fourth-order valence-electron chi connectivity index (χ4n) is 4.24. The van der Waals surface area contributed by atoms with Gasteiger partial charge >= 0.3 is 0 Å². The van der Waals surface area contributed by atoms with Gasteiger partial charge in [0.1, 0.15) is 11.4 Å². The van der Waals surface area contributed by atoms with E-state index in [-0.39, 0.29) is 5.75 Å². The van der Waals surface area contributed by atoms with E-state index in [1.54, 1.807) is 0 Å². The summed E-state index contributed by atoms with van der Waals surface area (Å²) in [5, 5.41) is 1.53. The summed E-state index contributed by atoms with van der Waals surface area (Å²) in [6.07, 6.45) is 9.63. The molecule has 182 valence electrons. The third-order valence-electron chi connectivity index (χ3n) is 5.98. The van der Waals surface area contributed by atoms with Crippen molar-refractivity contribution in [2.75, 3.05) is 10.8 Å². The highest BCUT2D eigenvalue weighted by Gasteiger charge is 2.33. The Morgan fingerprint density at radius 3 is 2.18 bits per heavy atom. The van der Waals surface area contributed by atoms with E-state index >= 15 is 0 Å². The lowest BCUT2D eigenvalue weighted by molar-refractivity contribution is 0.306. The van der Waals surface area contributed by atoms with E-state index in [9.17, 15) is 8.42 Å². The van der Waals surface area contributed by atoms with Crippen LogP contribution in [-0.2, 0) is 33.7 Å². The quantitative estimate of drug-likeness (QED) is 0.299. The number of benzene rings is 2. The van der Waals surface area contributed by atoms with E-state index in [1.165, 1.54) is 10.6 Å². The number of rotatable bonds is 13. The van der Waals surface area contributed by atoms with Crippen molar-refractivity contribution in [3.8, 4) is 11.5 Å². The van der Waals surface area contributed by atoms with E-state index in [4.69, 9.17) is 9.02 Å². The molecule has 1 heterocycles. The molecule has 0 amide bonds. The highest BCUT2D eigenvalue weighted by Crippen LogP contribution is 2.51. The number of hydrogen-bond acceptors (Lipinski definition) is 5. The largest absolute Gasteiger partial charge is 0.452 e. The van der Waals surface area contributed by atoms with Crippen LogP contribution in [0.3, 0.4) is 0 Å². The SMILES string of the molecule is CCCCc1cc(CCCC)c2c(c1)Oc1c(CCCC)cccc1N2OS(=O)(=O)CCC. The number of unbranched alkanes of at least 4 members (excludes halogenated alkanes) is 3. The predicted octanol–water partition coefficient (Wildman–Crippen LogP) is 7.63. The van der Waals surface area contributed by atoms with Crippen molar-refractivity contribution in [1.82, 2.24) is 0 Å². The lowest BCUT2D eigenvalue weighted by Crippen LogP contribution is -2.28. The van der Waals surface area contributed by atoms with Gasteiger partial charge in [-0.1, -0.05) is 65.2 Å². The zero-order valence-electron chi connectivity index (χ0n) is 20.7. The summed E-state index contributed by atoms with van der Waals surface area (Å²) in [6, 6.07) is 10.2. The first-order valence-electron chi connectivity index (χ1n) is 12.6.